The van der Waals surface area contributed by atoms with Gasteiger partial charge in [0.25, 0.3) is 5.91 Å². The molecule has 0 aliphatic rings. The number of carbonyl (C=O) groups excluding carboxylic acids is 2. The van der Waals surface area contributed by atoms with Gasteiger partial charge in [0, 0.05) is 19.2 Å². The molecular weight excluding hydrogens is 389 g/mol. The third-order valence-electron chi connectivity index (χ3n) is 4.04. The topological polar surface area (TPSA) is 118 Å². The summed E-state index contributed by atoms with van der Waals surface area (Å²) >= 11 is 0. The minimum Gasteiger partial charge on any atom is -0.486 e. The van der Waals surface area contributed by atoms with Gasteiger partial charge in [0.05, 0.1) is 13.1 Å². The Morgan fingerprint density at radius 1 is 1.10 bits per heavy atom. The maximum atomic E-state index is 13.7. The number of primary amides is 1. The summed E-state index contributed by atoms with van der Waals surface area (Å²) in [7, 11) is 1.64. The number of nitrogens with zero attached hydrogens (tertiary/aromatic N) is 1. The molecule has 1 unspecified atom stereocenters. The molecule has 0 fully saturated rings. The van der Waals surface area contributed by atoms with Crippen molar-refractivity contribution in [3.8, 4) is 5.75 Å². The Labute approximate surface area is 174 Å². The number of carbonyl (C=O) groups is 2. The van der Waals surface area contributed by atoms with Gasteiger partial charge in [-0.15, -0.1) is 0 Å². The Kier molecular flexibility index (Phi) is 8.61. The van der Waals surface area contributed by atoms with Crippen LogP contribution in [0.1, 0.15) is 22.8 Å². The van der Waals surface area contributed by atoms with Gasteiger partial charge in [0.15, 0.2) is 17.5 Å². The van der Waals surface area contributed by atoms with E-state index in [4.69, 9.17) is 10.5 Å². The number of halogens is 1. The highest BCUT2D eigenvalue weighted by atomic mass is 19.1. The second-order valence-electron chi connectivity index (χ2n) is 6.51. The van der Waals surface area contributed by atoms with Crippen LogP contribution in [-0.4, -0.2) is 44.0 Å². The highest BCUT2D eigenvalue weighted by Crippen LogP contribution is 2.16. The predicted octanol–water partition coefficient (Wildman–Crippen LogP) is 1.17. The van der Waals surface area contributed by atoms with Gasteiger partial charge < -0.3 is 26.4 Å². The van der Waals surface area contributed by atoms with Crippen LogP contribution in [0.4, 0.5) is 4.39 Å². The molecule has 0 saturated carbocycles. The fraction of sp³-hybridized carbons (Fsp3) is 0.286. The molecule has 0 aliphatic carbocycles. The van der Waals surface area contributed by atoms with E-state index >= 15 is 0 Å². The lowest BCUT2D eigenvalue weighted by Crippen LogP contribution is -2.41. The van der Waals surface area contributed by atoms with Crippen LogP contribution in [0, 0.1) is 5.82 Å². The van der Waals surface area contributed by atoms with Crippen molar-refractivity contribution in [2.45, 2.75) is 19.6 Å². The van der Waals surface area contributed by atoms with Crippen LogP contribution in [0.5, 0.6) is 5.75 Å². The van der Waals surface area contributed by atoms with E-state index in [0.29, 0.717) is 24.6 Å². The summed E-state index contributed by atoms with van der Waals surface area (Å²) in [5, 5.41) is 8.70. The van der Waals surface area contributed by atoms with Crippen LogP contribution >= 0.6 is 0 Å². The van der Waals surface area contributed by atoms with Crippen LogP contribution in [0.25, 0.3) is 0 Å². The third kappa shape index (κ3) is 7.42. The number of ether oxygens (including phenoxy) is 1. The number of benzene rings is 2. The highest BCUT2D eigenvalue weighted by molar-refractivity contribution is 5.96. The summed E-state index contributed by atoms with van der Waals surface area (Å²) in [6.45, 7) is 2.52. The average Bonchev–Trinajstić information content (AvgIpc) is 2.74. The van der Waals surface area contributed by atoms with E-state index in [2.05, 4.69) is 20.9 Å². The second kappa shape index (κ2) is 11.4. The first-order valence-corrected chi connectivity index (χ1v) is 9.40. The fourth-order valence-corrected chi connectivity index (χ4v) is 2.49. The highest BCUT2D eigenvalue weighted by Gasteiger charge is 2.09. The van der Waals surface area contributed by atoms with Gasteiger partial charge in [-0.3, -0.25) is 14.6 Å². The van der Waals surface area contributed by atoms with Crippen molar-refractivity contribution in [3.63, 3.8) is 0 Å². The van der Waals surface area contributed by atoms with E-state index in [0.717, 1.165) is 5.56 Å². The first-order valence-electron chi connectivity index (χ1n) is 9.40. The zero-order valence-corrected chi connectivity index (χ0v) is 16.9. The van der Waals surface area contributed by atoms with Gasteiger partial charge in [-0.1, -0.05) is 24.3 Å². The predicted molar refractivity (Wildman–Crippen MR) is 113 cm³/mol. The molecule has 2 amide bonds. The molecule has 0 radical (unpaired) electrons. The number of guanidine groups is 1. The number of para-hydroxylation sites is 1. The van der Waals surface area contributed by atoms with Crippen molar-refractivity contribution in [1.29, 1.82) is 0 Å². The van der Waals surface area contributed by atoms with Gasteiger partial charge in [0.1, 0.15) is 6.10 Å². The van der Waals surface area contributed by atoms with E-state index in [9.17, 15) is 14.0 Å². The molecule has 5 N–H and O–H groups in total. The SMILES string of the molecule is CN=C(NCc1ccc(C(=O)NCC(N)=O)cc1)NCC(C)Oc1ccccc1F. The maximum absolute atomic E-state index is 13.7. The van der Waals surface area contributed by atoms with Gasteiger partial charge >= 0.3 is 0 Å². The summed E-state index contributed by atoms with van der Waals surface area (Å²) in [6, 6.07) is 13.2. The van der Waals surface area contributed by atoms with E-state index in [1.807, 2.05) is 6.92 Å². The van der Waals surface area contributed by atoms with Crippen molar-refractivity contribution in [2.75, 3.05) is 20.1 Å². The molecule has 9 heteroatoms. The number of hydrogen-bond donors (Lipinski definition) is 4. The zero-order chi connectivity index (χ0) is 21.9. The summed E-state index contributed by atoms with van der Waals surface area (Å²) in [5.74, 6) is -0.609. The van der Waals surface area contributed by atoms with Crippen LogP contribution in [0.3, 0.4) is 0 Å². The van der Waals surface area contributed by atoms with E-state index < -0.39 is 11.7 Å². The quantitative estimate of drug-likeness (QED) is 0.362. The lowest BCUT2D eigenvalue weighted by atomic mass is 10.1. The Hall–Kier alpha value is -3.62. The number of nitrogens with two attached hydrogens (primary N) is 1. The molecule has 30 heavy (non-hydrogen) atoms. The number of rotatable bonds is 9. The minimum absolute atomic E-state index is 0.203. The summed E-state index contributed by atoms with van der Waals surface area (Å²) in [6.07, 6.45) is -0.279. The molecule has 1 atom stereocenters. The molecule has 2 aromatic rings. The summed E-state index contributed by atoms with van der Waals surface area (Å²) in [5.41, 5.74) is 6.37. The van der Waals surface area contributed by atoms with E-state index in [1.165, 1.54) is 6.07 Å². The van der Waals surface area contributed by atoms with Crippen molar-refractivity contribution < 1.29 is 18.7 Å². The van der Waals surface area contributed by atoms with Crippen LogP contribution < -0.4 is 26.4 Å². The molecule has 2 rings (SSSR count). The van der Waals surface area contributed by atoms with E-state index in [1.54, 1.807) is 49.5 Å². The largest absolute Gasteiger partial charge is 0.486 e. The number of aliphatic imine (C=N–C) groups is 1. The second-order valence-corrected chi connectivity index (χ2v) is 6.51. The average molecular weight is 415 g/mol. The zero-order valence-electron chi connectivity index (χ0n) is 16.9. The van der Waals surface area contributed by atoms with Crippen molar-refractivity contribution in [2.24, 2.45) is 10.7 Å². The molecule has 160 valence electrons. The molecule has 0 heterocycles. The fourth-order valence-electron chi connectivity index (χ4n) is 2.49. The van der Waals surface area contributed by atoms with Gasteiger partial charge in [-0.2, -0.15) is 0 Å². The Morgan fingerprint density at radius 2 is 1.80 bits per heavy atom. The number of nitrogens with one attached hydrogen (secondary N) is 3. The third-order valence-corrected chi connectivity index (χ3v) is 4.04. The van der Waals surface area contributed by atoms with Crippen LogP contribution in [-0.2, 0) is 11.3 Å². The molecule has 8 nitrogen and oxygen atoms in total. The lowest BCUT2D eigenvalue weighted by Gasteiger charge is -2.18. The van der Waals surface area contributed by atoms with Crippen LogP contribution in [0.15, 0.2) is 53.5 Å². The van der Waals surface area contributed by atoms with E-state index in [-0.39, 0.29) is 24.3 Å². The van der Waals surface area contributed by atoms with Gasteiger partial charge in [-0.05, 0) is 36.8 Å². The molecule has 0 saturated heterocycles. The van der Waals surface area contributed by atoms with Gasteiger partial charge in [0.2, 0.25) is 5.91 Å². The first kappa shape index (κ1) is 22.7. The lowest BCUT2D eigenvalue weighted by molar-refractivity contribution is -0.117. The minimum atomic E-state index is -0.600. The monoisotopic (exact) mass is 415 g/mol. The molecule has 0 aliphatic heterocycles. The Bertz CT molecular complexity index is 886. The van der Waals surface area contributed by atoms with Crippen LogP contribution in [0.2, 0.25) is 0 Å². The van der Waals surface area contributed by atoms with Gasteiger partial charge in [-0.25, -0.2) is 4.39 Å². The summed E-state index contributed by atoms with van der Waals surface area (Å²) < 4.78 is 19.2. The standard InChI is InChI=1S/C21H26FN5O3/c1-14(30-18-6-4-3-5-17(18)22)11-26-21(24-2)27-12-15-7-9-16(10-8-15)20(29)25-13-19(23)28/h3-10,14H,11-13H2,1-2H3,(H2,23,28)(H,25,29)(H2,24,26,27). The Balaban J connectivity index is 1.79. The van der Waals surface area contributed by atoms with Crippen molar-refractivity contribution in [1.82, 2.24) is 16.0 Å². The number of hydrogen-bond acceptors (Lipinski definition) is 4. The first-order chi connectivity index (χ1) is 14.4. The summed E-state index contributed by atoms with van der Waals surface area (Å²) in [4.78, 5) is 26.7. The molecule has 0 bridgehead atoms. The van der Waals surface area contributed by atoms with Crippen molar-refractivity contribution >= 4 is 17.8 Å². The maximum Gasteiger partial charge on any atom is 0.251 e. The normalized spacial score (nSPS) is 12.0. The number of amides is 2. The molecule has 0 aromatic heterocycles. The smallest absolute Gasteiger partial charge is 0.251 e. The molecular formula is C21H26FN5O3. The molecule has 0 spiro atoms. The van der Waals surface area contributed by atoms with Crippen molar-refractivity contribution in [3.05, 3.63) is 65.5 Å². The Morgan fingerprint density at radius 3 is 2.43 bits per heavy atom. The molecule has 2 aromatic carbocycles.